The van der Waals surface area contributed by atoms with E-state index < -0.39 is 0 Å². The van der Waals surface area contributed by atoms with Crippen molar-refractivity contribution in [3.63, 3.8) is 0 Å². The van der Waals surface area contributed by atoms with Gasteiger partial charge in [0.1, 0.15) is 11.5 Å². The van der Waals surface area contributed by atoms with Crippen molar-refractivity contribution in [3.8, 4) is 0 Å². The second-order valence-electron chi connectivity index (χ2n) is 12.2. The lowest BCUT2D eigenvalue weighted by molar-refractivity contribution is 0.0730. The summed E-state index contributed by atoms with van der Waals surface area (Å²) < 4.78 is 2.09. The van der Waals surface area contributed by atoms with E-state index in [2.05, 4.69) is 71.0 Å². The van der Waals surface area contributed by atoms with Gasteiger partial charge < -0.3 is 20.1 Å². The van der Waals surface area contributed by atoms with Crippen molar-refractivity contribution in [1.29, 1.82) is 0 Å². The van der Waals surface area contributed by atoms with Gasteiger partial charge in [-0.25, -0.2) is 4.98 Å². The van der Waals surface area contributed by atoms with Crippen LogP contribution in [0.4, 0.5) is 5.82 Å². The lowest BCUT2D eigenvalue weighted by Gasteiger charge is -2.26. The highest BCUT2D eigenvalue weighted by Gasteiger charge is 2.35. The molecule has 2 aliphatic rings. The first-order valence-electron chi connectivity index (χ1n) is 13.9. The number of imidazole rings is 1. The number of likely N-dealkylation sites (tertiary alicyclic amines) is 1. The molecule has 2 fully saturated rings. The highest BCUT2D eigenvalue weighted by molar-refractivity contribution is 6.32. The van der Waals surface area contributed by atoms with Crippen LogP contribution in [0.3, 0.4) is 0 Å². The molecule has 2 aliphatic heterocycles. The van der Waals surface area contributed by atoms with Gasteiger partial charge in [0.15, 0.2) is 11.0 Å². The van der Waals surface area contributed by atoms with Crippen molar-refractivity contribution in [3.05, 3.63) is 39.4 Å². The zero-order chi connectivity index (χ0) is 28.1. The summed E-state index contributed by atoms with van der Waals surface area (Å²) in [5, 5.41) is 16.4. The molecule has 3 N–H and O–H groups in total. The van der Waals surface area contributed by atoms with Gasteiger partial charge in [0.25, 0.3) is 5.91 Å². The third-order valence-corrected chi connectivity index (χ3v) is 8.79. The van der Waals surface area contributed by atoms with E-state index in [4.69, 9.17) is 28.2 Å². The zero-order valence-corrected chi connectivity index (χ0v) is 25.2. The second kappa shape index (κ2) is 10.9. The third kappa shape index (κ3) is 5.51. The minimum Gasteiger partial charge on any atom is -0.361 e. The van der Waals surface area contributed by atoms with Gasteiger partial charge in [-0.2, -0.15) is 5.10 Å². The molecule has 1 aromatic carbocycles. The summed E-state index contributed by atoms with van der Waals surface area (Å²) in [5.74, 6) is 1.37. The highest BCUT2D eigenvalue weighted by atomic mass is 35.5. The van der Waals surface area contributed by atoms with Crippen LogP contribution in [0.15, 0.2) is 12.1 Å². The van der Waals surface area contributed by atoms with Crippen molar-refractivity contribution in [2.24, 2.45) is 0 Å². The summed E-state index contributed by atoms with van der Waals surface area (Å²) >= 11 is 13.3. The molecule has 2 atom stereocenters. The fourth-order valence-corrected chi connectivity index (χ4v) is 6.54. The number of carbonyl (C=O) groups excluding carboxylic acids is 1. The standard InChI is InChI=1S/C28H40Cl2N8O/c1-16(2)37-10-8-18(15-37)38-23(33-25(30)24(38)27(39)36(6)17-7-9-31-13-17)14-32-26-19-11-20(28(3,4)5)21(29)12-22(19)34-35-26/h11-12,16-18,31H,7-10,13-15H2,1-6H3,(H2,32,34,35). The minimum absolute atomic E-state index is 0.0786. The van der Waals surface area contributed by atoms with Crippen LogP contribution < -0.4 is 10.6 Å². The number of aromatic amines is 1. The highest BCUT2D eigenvalue weighted by Crippen LogP contribution is 2.35. The lowest BCUT2D eigenvalue weighted by atomic mass is 9.86. The molecule has 11 heteroatoms. The molecule has 2 unspecified atom stereocenters. The first-order valence-corrected chi connectivity index (χ1v) is 14.6. The maximum atomic E-state index is 13.8. The van der Waals surface area contributed by atoms with Crippen LogP contribution in [-0.2, 0) is 12.0 Å². The number of fused-ring (bicyclic) bond motifs is 1. The molecule has 4 heterocycles. The molecule has 2 aromatic heterocycles. The maximum absolute atomic E-state index is 13.8. The molecule has 0 bridgehead atoms. The monoisotopic (exact) mass is 574 g/mol. The topological polar surface area (TPSA) is 94.1 Å². The van der Waals surface area contributed by atoms with Gasteiger partial charge in [-0.05, 0) is 56.3 Å². The largest absolute Gasteiger partial charge is 0.361 e. The van der Waals surface area contributed by atoms with Gasteiger partial charge in [0.05, 0.1) is 12.1 Å². The van der Waals surface area contributed by atoms with E-state index in [9.17, 15) is 4.79 Å². The maximum Gasteiger partial charge on any atom is 0.273 e. The number of rotatable bonds is 7. The van der Waals surface area contributed by atoms with E-state index in [1.807, 2.05) is 18.0 Å². The van der Waals surface area contributed by atoms with Crippen LogP contribution in [0.1, 0.15) is 75.4 Å². The van der Waals surface area contributed by atoms with Gasteiger partial charge in [-0.15, -0.1) is 0 Å². The molecule has 39 heavy (non-hydrogen) atoms. The Morgan fingerprint density at radius 3 is 2.67 bits per heavy atom. The third-order valence-electron chi connectivity index (χ3n) is 8.21. The summed E-state index contributed by atoms with van der Waals surface area (Å²) in [4.78, 5) is 22.8. The number of amides is 1. The number of nitrogens with one attached hydrogen (secondary N) is 3. The van der Waals surface area contributed by atoms with Gasteiger partial charge in [-0.3, -0.25) is 14.8 Å². The van der Waals surface area contributed by atoms with Crippen LogP contribution in [-0.4, -0.2) is 80.8 Å². The number of nitrogens with zero attached hydrogens (tertiary/aromatic N) is 5. The number of halogens is 2. The summed E-state index contributed by atoms with van der Waals surface area (Å²) in [6, 6.07) is 4.71. The van der Waals surface area contributed by atoms with Crippen molar-refractivity contribution in [2.45, 2.75) is 77.5 Å². The molecule has 0 saturated carbocycles. The van der Waals surface area contributed by atoms with Crippen molar-refractivity contribution < 1.29 is 4.79 Å². The summed E-state index contributed by atoms with van der Waals surface area (Å²) in [7, 11) is 1.87. The van der Waals surface area contributed by atoms with Crippen molar-refractivity contribution in [1.82, 2.24) is 34.9 Å². The van der Waals surface area contributed by atoms with Crippen LogP contribution in [0.2, 0.25) is 10.2 Å². The van der Waals surface area contributed by atoms with Gasteiger partial charge in [0, 0.05) is 55.2 Å². The second-order valence-corrected chi connectivity index (χ2v) is 12.9. The van der Waals surface area contributed by atoms with E-state index in [-0.39, 0.29) is 28.6 Å². The van der Waals surface area contributed by atoms with Crippen molar-refractivity contribution in [2.75, 3.05) is 38.5 Å². The van der Waals surface area contributed by atoms with Crippen molar-refractivity contribution >= 4 is 45.8 Å². The average molecular weight is 576 g/mol. The number of hydrogen-bond acceptors (Lipinski definition) is 6. The average Bonchev–Trinajstić information content (AvgIpc) is 3.66. The Bertz CT molecular complexity index is 1350. The Balaban J connectivity index is 1.48. The molecule has 3 aromatic rings. The Labute approximate surface area is 240 Å². The molecule has 0 aliphatic carbocycles. The fraction of sp³-hybridized carbons (Fsp3) is 0.607. The first-order chi connectivity index (χ1) is 18.5. The molecule has 2 saturated heterocycles. The Kier molecular flexibility index (Phi) is 7.90. The van der Waals surface area contributed by atoms with E-state index in [0.717, 1.165) is 67.1 Å². The normalized spacial score (nSPS) is 20.4. The zero-order valence-electron chi connectivity index (χ0n) is 23.7. The molecule has 5 rings (SSSR count). The molecule has 0 radical (unpaired) electrons. The number of anilines is 1. The molecule has 1 amide bonds. The fourth-order valence-electron chi connectivity index (χ4n) is 5.82. The van der Waals surface area contributed by atoms with E-state index in [1.165, 1.54) is 0 Å². The Hall–Kier alpha value is -2.33. The predicted molar refractivity (Wildman–Crippen MR) is 158 cm³/mol. The number of H-pyrrole nitrogens is 1. The SMILES string of the molecule is CC(C)N1CCC(n2c(CNc3n[nH]c4cc(Cl)c(C(C)(C)C)cc34)nc(Cl)c2C(=O)N(C)C2CCNC2)C1. The smallest absolute Gasteiger partial charge is 0.273 e. The summed E-state index contributed by atoms with van der Waals surface area (Å²) in [5.41, 5.74) is 2.29. The number of hydrogen-bond donors (Lipinski definition) is 3. The lowest BCUT2D eigenvalue weighted by Crippen LogP contribution is -2.40. The molecule has 9 nitrogen and oxygen atoms in total. The van der Waals surface area contributed by atoms with Crippen LogP contribution in [0.5, 0.6) is 0 Å². The molecule has 212 valence electrons. The van der Waals surface area contributed by atoms with Gasteiger partial charge >= 0.3 is 0 Å². The Morgan fingerprint density at radius 2 is 2.03 bits per heavy atom. The number of carbonyl (C=O) groups is 1. The van der Waals surface area contributed by atoms with Crippen LogP contribution in [0.25, 0.3) is 10.9 Å². The quantitative estimate of drug-likeness (QED) is 0.365. The van der Waals surface area contributed by atoms with E-state index in [1.54, 1.807) is 0 Å². The molecule has 0 spiro atoms. The summed E-state index contributed by atoms with van der Waals surface area (Å²) in [6.07, 6.45) is 1.87. The van der Waals surface area contributed by atoms with Crippen LogP contribution in [0, 0.1) is 0 Å². The number of aromatic nitrogens is 4. The number of likely N-dealkylation sites (N-methyl/N-ethyl adjacent to an activating group) is 1. The number of benzene rings is 1. The first kappa shape index (κ1) is 28.2. The molecular weight excluding hydrogens is 535 g/mol. The van der Waals surface area contributed by atoms with Crippen LogP contribution >= 0.6 is 23.2 Å². The summed E-state index contributed by atoms with van der Waals surface area (Å²) in [6.45, 7) is 14.8. The van der Waals surface area contributed by atoms with E-state index >= 15 is 0 Å². The van der Waals surface area contributed by atoms with E-state index in [0.29, 0.717) is 23.3 Å². The minimum atomic E-state index is -0.107. The molecular formula is C28H40Cl2N8O. The predicted octanol–water partition coefficient (Wildman–Crippen LogP) is 5.06. The van der Waals surface area contributed by atoms with Gasteiger partial charge in [0.2, 0.25) is 0 Å². The Morgan fingerprint density at radius 1 is 1.26 bits per heavy atom. The van der Waals surface area contributed by atoms with Gasteiger partial charge in [-0.1, -0.05) is 44.0 Å².